The molecule has 0 atom stereocenters. The number of carbonyl (C=O) groups excluding carboxylic acids is 1. The normalized spacial score (nSPS) is 10.5. The van der Waals surface area contributed by atoms with Gasteiger partial charge in [-0.1, -0.05) is 0 Å². The SMILES string of the molecule is COc1cc(OC)cc(C(=O)NCc2c(F)c(F)c(F)c(F)c2F)c1. The highest BCUT2D eigenvalue weighted by Gasteiger charge is 2.25. The Balaban J connectivity index is 2.27. The number of carbonyl (C=O) groups is 1. The maximum atomic E-state index is 13.6. The van der Waals surface area contributed by atoms with Crippen LogP contribution < -0.4 is 14.8 Å². The van der Waals surface area contributed by atoms with Crippen molar-refractivity contribution in [1.29, 1.82) is 0 Å². The molecule has 0 aliphatic rings. The van der Waals surface area contributed by atoms with E-state index in [0.29, 0.717) is 0 Å². The Labute approximate surface area is 139 Å². The van der Waals surface area contributed by atoms with Gasteiger partial charge >= 0.3 is 0 Å². The van der Waals surface area contributed by atoms with E-state index in [-0.39, 0.29) is 17.1 Å². The third kappa shape index (κ3) is 3.65. The van der Waals surface area contributed by atoms with Gasteiger partial charge in [0.25, 0.3) is 5.91 Å². The predicted octanol–water partition coefficient (Wildman–Crippen LogP) is 3.33. The van der Waals surface area contributed by atoms with Crippen molar-refractivity contribution < 1.29 is 36.2 Å². The molecule has 0 unspecified atom stereocenters. The molecule has 1 amide bonds. The van der Waals surface area contributed by atoms with Crippen LogP contribution in [0, 0.1) is 29.1 Å². The molecule has 0 spiro atoms. The van der Waals surface area contributed by atoms with Gasteiger partial charge < -0.3 is 14.8 Å². The molecule has 2 aromatic rings. The molecular weight excluding hydrogens is 349 g/mol. The summed E-state index contributed by atoms with van der Waals surface area (Å²) in [5.74, 6) is -10.7. The lowest BCUT2D eigenvalue weighted by molar-refractivity contribution is 0.0949. The number of hydrogen-bond acceptors (Lipinski definition) is 3. The molecule has 9 heteroatoms. The molecular formula is C16H12F5NO3. The summed E-state index contributed by atoms with van der Waals surface area (Å²) in [6.45, 7) is -0.899. The van der Waals surface area contributed by atoms with Crippen molar-refractivity contribution in [2.45, 2.75) is 6.54 Å². The molecule has 0 aromatic heterocycles. The molecule has 4 nitrogen and oxygen atoms in total. The summed E-state index contributed by atoms with van der Waals surface area (Å²) < 4.78 is 76.4. The topological polar surface area (TPSA) is 47.6 Å². The summed E-state index contributed by atoms with van der Waals surface area (Å²) in [5, 5.41) is 2.09. The lowest BCUT2D eigenvalue weighted by Gasteiger charge is -2.11. The second-order valence-electron chi connectivity index (χ2n) is 4.83. The molecule has 0 aliphatic carbocycles. The van der Waals surface area contributed by atoms with Crippen LogP contribution in [0.4, 0.5) is 22.0 Å². The van der Waals surface area contributed by atoms with E-state index in [1.807, 2.05) is 0 Å². The number of ether oxygens (including phenoxy) is 2. The molecule has 1 N–H and O–H groups in total. The third-order valence-electron chi connectivity index (χ3n) is 3.34. The fourth-order valence-corrected chi connectivity index (χ4v) is 2.01. The lowest BCUT2D eigenvalue weighted by Crippen LogP contribution is -2.25. The molecule has 0 fully saturated rings. The Hall–Kier alpha value is -2.84. The highest BCUT2D eigenvalue weighted by Crippen LogP contribution is 2.24. The summed E-state index contributed by atoms with van der Waals surface area (Å²) in [5.41, 5.74) is -1.13. The minimum atomic E-state index is -2.26. The van der Waals surface area contributed by atoms with E-state index in [0.717, 1.165) is 0 Å². The highest BCUT2D eigenvalue weighted by molar-refractivity contribution is 5.95. The Kier molecular flexibility index (Phi) is 5.45. The average molecular weight is 361 g/mol. The second-order valence-corrected chi connectivity index (χ2v) is 4.83. The smallest absolute Gasteiger partial charge is 0.251 e. The van der Waals surface area contributed by atoms with Crippen LogP contribution in [0.2, 0.25) is 0 Å². The van der Waals surface area contributed by atoms with E-state index in [9.17, 15) is 26.7 Å². The summed E-state index contributed by atoms with van der Waals surface area (Å²) >= 11 is 0. The Morgan fingerprint density at radius 1 is 0.840 bits per heavy atom. The Bertz CT molecular complexity index is 775. The molecule has 0 bridgehead atoms. The molecule has 0 radical (unpaired) electrons. The summed E-state index contributed by atoms with van der Waals surface area (Å²) in [7, 11) is 2.70. The number of rotatable bonds is 5. The first-order chi connectivity index (χ1) is 11.8. The quantitative estimate of drug-likeness (QED) is 0.505. The van der Waals surface area contributed by atoms with Gasteiger partial charge in [0.1, 0.15) is 11.5 Å². The lowest BCUT2D eigenvalue weighted by atomic mass is 10.1. The van der Waals surface area contributed by atoms with Crippen molar-refractivity contribution in [3.63, 3.8) is 0 Å². The van der Waals surface area contributed by atoms with E-state index < -0.39 is 47.1 Å². The molecule has 0 saturated carbocycles. The van der Waals surface area contributed by atoms with Gasteiger partial charge in [-0.25, -0.2) is 22.0 Å². The Morgan fingerprint density at radius 2 is 1.28 bits per heavy atom. The van der Waals surface area contributed by atoms with Gasteiger partial charge in [0, 0.05) is 23.7 Å². The number of halogens is 5. The summed E-state index contributed by atoms with van der Waals surface area (Å²) in [4.78, 5) is 12.1. The number of hydrogen-bond donors (Lipinski definition) is 1. The zero-order valence-electron chi connectivity index (χ0n) is 13.1. The van der Waals surface area contributed by atoms with E-state index in [4.69, 9.17) is 9.47 Å². The van der Waals surface area contributed by atoms with Crippen LogP contribution in [0.3, 0.4) is 0 Å². The van der Waals surface area contributed by atoms with Crippen molar-refractivity contribution in [2.75, 3.05) is 14.2 Å². The largest absolute Gasteiger partial charge is 0.497 e. The standard InChI is InChI=1S/C16H12F5NO3/c1-24-8-3-7(4-9(5-8)25-2)16(23)22-6-10-11(17)13(19)15(21)14(20)12(10)18/h3-5H,6H2,1-2H3,(H,22,23). The maximum absolute atomic E-state index is 13.6. The fourth-order valence-electron chi connectivity index (χ4n) is 2.01. The first-order valence-corrected chi connectivity index (χ1v) is 6.81. The number of nitrogens with one attached hydrogen (secondary N) is 1. The molecule has 0 aliphatic heterocycles. The van der Waals surface area contributed by atoms with Crippen LogP contribution in [-0.2, 0) is 6.54 Å². The van der Waals surface area contributed by atoms with Gasteiger partial charge in [-0.2, -0.15) is 0 Å². The van der Waals surface area contributed by atoms with Crippen LogP contribution in [0.15, 0.2) is 18.2 Å². The van der Waals surface area contributed by atoms with Crippen LogP contribution in [0.1, 0.15) is 15.9 Å². The van der Waals surface area contributed by atoms with Crippen molar-refractivity contribution in [1.82, 2.24) is 5.32 Å². The zero-order chi connectivity index (χ0) is 18.7. The number of methoxy groups -OCH3 is 2. The van der Waals surface area contributed by atoms with Gasteiger partial charge in [0.05, 0.1) is 14.2 Å². The van der Waals surface area contributed by atoms with Gasteiger partial charge in [0.15, 0.2) is 23.3 Å². The molecule has 134 valence electrons. The van der Waals surface area contributed by atoms with Gasteiger partial charge in [-0.05, 0) is 12.1 Å². The van der Waals surface area contributed by atoms with Crippen LogP contribution >= 0.6 is 0 Å². The number of amides is 1. The van der Waals surface area contributed by atoms with Crippen LogP contribution in [-0.4, -0.2) is 20.1 Å². The Morgan fingerprint density at radius 3 is 1.72 bits per heavy atom. The monoisotopic (exact) mass is 361 g/mol. The predicted molar refractivity (Wildman–Crippen MR) is 76.9 cm³/mol. The zero-order valence-corrected chi connectivity index (χ0v) is 13.1. The van der Waals surface area contributed by atoms with Crippen molar-refractivity contribution in [3.05, 3.63) is 58.4 Å². The molecule has 0 heterocycles. The minimum absolute atomic E-state index is 0.0140. The van der Waals surface area contributed by atoms with Crippen LogP contribution in [0.25, 0.3) is 0 Å². The van der Waals surface area contributed by atoms with Gasteiger partial charge in [-0.15, -0.1) is 0 Å². The van der Waals surface area contributed by atoms with Gasteiger partial charge in [-0.3, -0.25) is 4.79 Å². The fraction of sp³-hybridized carbons (Fsp3) is 0.188. The maximum Gasteiger partial charge on any atom is 0.251 e. The highest BCUT2D eigenvalue weighted by atomic mass is 19.2. The minimum Gasteiger partial charge on any atom is -0.497 e. The number of benzene rings is 2. The molecule has 0 saturated heterocycles. The molecule has 2 aromatic carbocycles. The van der Waals surface area contributed by atoms with Crippen molar-refractivity contribution in [2.24, 2.45) is 0 Å². The first kappa shape index (κ1) is 18.5. The van der Waals surface area contributed by atoms with Crippen molar-refractivity contribution >= 4 is 5.91 Å². The van der Waals surface area contributed by atoms with E-state index >= 15 is 0 Å². The summed E-state index contributed by atoms with van der Waals surface area (Å²) in [6.07, 6.45) is 0. The summed E-state index contributed by atoms with van der Waals surface area (Å²) in [6, 6.07) is 4.12. The second kappa shape index (κ2) is 7.37. The third-order valence-corrected chi connectivity index (χ3v) is 3.34. The molecule has 25 heavy (non-hydrogen) atoms. The van der Waals surface area contributed by atoms with E-state index in [1.165, 1.54) is 32.4 Å². The average Bonchev–Trinajstić information content (AvgIpc) is 2.63. The van der Waals surface area contributed by atoms with E-state index in [2.05, 4.69) is 5.32 Å². The molecule has 2 rings (SSSR count). The van der Waals surface area contributed by atoms with Crippen LogP contribution in [0.5, 0.6) is 11.5 Å². The first-order valence-electron chi connectivity index (χ1n) is 6.81. The van der Waals surface area contributed by atoms with Crippen molar-refractivity contribution in [3.8, 4) is 11.5 Å². The van der Waals surface area contributed by atoms with E-state index in [1.54, 1.807) is 0 Å². The van der Waals surface area contributed by atoms with Gasteiger partial charge in [0.2, 0.25) is 5.82 Å².